The van der Waals surface area contributed by atoms with E-state index in [0.29, 0.717) is 17.0 Å². The Bertz CT molecular complexity index is 1020. The Morgan fingerprint density at radius 1 is 0.844 bits per heavy atom. The van der Waals surface area contributed by atoms with Gasteiger partial charge < -0.3 is 14.5 Å². The molecule has 32 heavy (non-hydrogen) atoms. The predicted molar refractivity (Wildman–Crippen MR) is 128 cm³/mol. The van der Waals surface area contributed by atoms with Crippen molar-refractivity contribution in [3.63, 3.8) is 0 Å². The van der Waals surface area contributed by atoms with Crippen LogP contribution in [0.4, 0.5) is 11.4 Å². The van der Waals surface area contributed by atoms with Crippen molar-refractivity contribution in [1.82, 2.24) is 4.90 Å². The molecular weight excluding hydrogens is 402 g/mol. The highest BCUT2D eigenvalue weighted by atomic mass is 16.5. The Morgan fingerprint density at radius 3 is 2.03 bits per heavy atom. The zero-order chi connectivity index (χ0) is 22.8. The SMILES string of the molecule is CC(C)Oc1ccc(C2=C(N3CCCCC3)C(=O)N(c3ccc(N(C)C)cc3)C2=O)cc1. The van der Waals surface area contributed by atoms with E-state index in [1.54, 1.807) is 0 Å². The van der Waals surface area contributed by atoms with Crippen LogP contribution < -0.4 is 14.5 Å². The van der Waals surface area contributed by atoms with Crippen molar-refractivity contribution in [3.05, 3.63) is 59.8 Å². The minimum absolute atomic E-state index is 0.0688. The van der Waals surface area contributed by atoms with Crippen molar-refractivity contribution in [1.29, 1.82) is 0 Å². The third-order valence-electron chi connectivity index (χ3n) is 5.87. The summed E-state index contributed by atoms with van der Waals surface area (Å²) < 4.78 is 5.75. The standard InChI is InChI=1S/C26H31N3O3/c1-18(2)32-22-14-8-19(9-15-22)23-24(28-16-6-5-7-17-28)26(31)29(25(23)30)21-12-10-20(11-13-21)27(3)4/h8-15,18H,5-7,16-17H2,1-4H3. The summed E-state index contributed by atoms with van der Waals surface area (Å²) in [4.78, 5) is 32.6. The first-order chi connectivity index (χ1) is 15.4. The summed E-state index contributed by atoms with van der Waals surface area (Å²) in [5.41, 5.74) is 3.34. The van der Waals surface area contributed by atoms with Crippen molar-refractivity contribution in [2.75, 3.05) is 37.0 Å². The third-order valence-corrected chi connectivity index (χ3v) is 5.87. The Balaban J connectivity index is 1.73. The molecule has 1 saturated heterocycles. The second-order valence-corrected chi connectivity index (χ2v) is 8.82. The number of rotatable bonds is 6. The van der Waals surface area contributed by atoms with Crippen LogP contribution in [0.5, 0.6) is 5.75 Å². The second-order valence-electron chi connectivity index (χ2n) is 8.82. The van der Waals surface area contributed by atoms with Crippen LogP contribution in [-0.2, 0) is 9.59 Å². The molecule has 0 saturated carbocycles. The lowest BCUT2D eigenvalue weighted by Gasteiger charge is -2.29. The number of likely N-dealkylation sites (tertiary alicyclic amines) is 1. The van der Waals surface area contributed by atoms with Gasteiger partial charge in [0.25, 0.3) is 11.8 Å². The van der Waals surface area contributed by atoms with Crippen LogP contribution in [0.3, 0.4) is 0 Å². The molecule has 0 bridgehead atoms. The molecule has 0 spiro atoms. The molecule has 4 rings (SSSR count). The van der Waals surface area contributed by atoms with Gasteiger partial charge in [0.15, 0.2) is 0 Å². The summed E-state index contributed by atoms with van der Waals surface area (Å²) in [6, 6.07) is 15.0. The summed E-state index contributed by atoms with van der Waals surface area (Å²) in [6.45, 7) is 5.53. The maximum atomic E-state index is 13.6. The Hall–Kier alpha value is -3.28. The number of anilines is 2. The van der Waals surface area contributed by atoms with Gasteiger partial charge in [0.2, 0.25) is 0 Å². The van der Waals surface area contributed by atoms with E-state index in [4.69, 9.17) is 4.74 Å². The van der Waals surface area contributed by atoms with E-state index in [1.807, 2.05) is 81.4 Å². The Morgan fingerprint density at radius 2 is 1.47 bits per heavy atom. The molecule has 6 heteroatoms. The highest BCUT2D eigenvalue weighted by molar-refractivity contribution is 6.45. The predicted octanol–water partition coefficient (Wildman–Crippen LogP) is 4.31. The lowest BCUT2D eigenvalue weighted by atomic mass is 10.0. The number of benzene rings is 2. The zero-order valence-corrected chi connectivity index (χ0v) is 19.3. The number of carbonyl (C=O) groups is 2. The fraction of sp³-hybridized carbons (Fsp3) is 0.385. The van der Waals surface area contributed by atoms with Gasteiger partial charge in [-0.05, 0) is 75.1 Å². The van der Waals surface area contributed by atoms with Gasteiger partial charge in [-0.3, -0.25) is 9.59 Å². The van der Waals surface area contributed by atoms with Crippen molar-refractivity contribution in [2.24, 2.45) is 0 Å². The minimum Gasteiger partial charge on any atom is -0.491 e. The maximum Gasteiger partial charge on any atom is 0.282 e. The van der Waals surface area contributed by atoms with E-state index in [9.17, 15) is 9.59 Å². The molecule has 2 amide bonds. The van der Waals surface area contributed by atoms with E-state index < -0.39 is 0 Å². The summed E-state index contributed by atoms with van der Waals surface area (Å²) in [5, 5.41) is 0. The van der Waals surface area contributed by atoms with Gasteiger partial charge >= 0.3 is 0 Å². The van der Waals surface area contributed by atoms with Gasteiger partial charge in [0.05, 0.1) is 17.4 Å². The molecule has 2 heterocycles. The zero-order valence-electron chi connectivity index (χ0n) is 19.3. The van der Waals surface area contributed by atoms with Gasteiger partial charge in [0, 0.05) is 32.9 Å². The van der Waals surface area contributed by atoms with Crippen LogP contribution in [0.15, 0.2) is 54.2 Å². The Kier molecular flexibility index (Phi) is 6.21. The number of nitrogens with zero attached hydrogens (tertiary/aromatic N) is 3. The van der Waals surface area contributed by atoms with Crippen molar-refractivity contribution < 1.29 is 14.3 Å². The summed E-state index contributed by atoms with van der Waals surface area (Å²) >= 11 is 0. The number of hydrogen-bond acceptors (Lipinski definition) is 5. The Labute approximate surface area is 190 Å². The molecule has 0 aromatic heterocycles. The summed E-state index contributed by atoms with van der Waals surface area (Å²) in [7, 11) is 3.92. The summed E-state index contributed by atoms with van der Waals surface area (Å²) in [6.07, 6.45) is 3.27. The highest BCUT2D eigenvalue weighted by Crippen LogP contribution is 2.36. The van der Waals surface area contributed by atoms with E-state index in [-0.39, 0.29) is 17.9 Å². The average Bonchev–Trinajstić information content (AvgIpc) is 3.04. The monoisotopic (exact) mass is 433 g/mol. The molecule has 6 nitrogen and oxygen atoms in total. The van der Waals surface area contributed by atoms with E-state index in [2.05, 4.69) is 4.90 Å². The first kappa shape index (κ1) is 21.9. The van der Waals surface area contributed by atoms with E-state index in [1.165, 1.54) is 4.90 Å². The number of hydrogen-bond donors (Lipinski definition) is 0. The second kappa shape index (κ2) is 9.07. The van der Waals surface area contributed by atoms with E-state index in [0.717, 1.165) is 49.4 Å². The van der Waals surface area contributed by atoms with Crippen LogP contribution >= 0.6 is 0 Å². The number of ether oxygens (including phenoxy) is 1. The third kappa shape index (κ3) is 4.22. The fourth-order valence-corrected chi connectivity index (χ4v) is 4.30. The lowest BCUT2D eigenvalue weighted by molar-refractivity contribution is -0.120. The molecule has 2 aliphatic heterocycles. The van der Waals surface area contributed by atoms with Crippen molar-refractivity contribution >= 4 is 28.8 Å². The normalized spacial score (nSPS) is 16.9. The fourth-order valence-electron chi connectivity index (χ4n) is 4.30. The van der Waals surface area contributed by atoms with Crippen molar-refractivity contribution in [2.45, 2.75) is 39.2 Å². The molecule has 2 aliphatic rings. The molecule has 2 aromatic carbocycles. The molecule has 1 fully saturated rings. The molecular formula is C26H31N3O3. The van der Waals surface area contributed by atoms with Crippen LogP contribution in [0.1, 0.15) is 38.7 Å². The van der Waals surface area contributed by atoms with Crippen LogP contribution in [0.25, 0.3) is 5.57 Å². The average molecular weight is 434 g/mol. The largest absolute Gasteiger partial charge is 0.491 e. The molecule has 0 aliphatic carbocycles. The number of piperidine rings is 1. The quantitative estimate of drug-likeness (QED) is 0.636. The number of carbonyl (C=O) groups excluding carboxylic acids is 2. The van der Waals surface area contributed by atoms with Gasteiger partial charge in [0.1, 0.15) is 11.4 Å². The van der Waals surface area contributed by atoms with Gasteiger partial charge in [-0.2, -0.15) is 0 Å². The number of imide groups is 1. The van der Waals surface area contributed by atoms with E-state index >= 15 is 0 Å². The van der Waals surface area contributed by atoms with Gasteiger partial charge in [-0.1, -0.05) is 12.1 Å². The minimum atomic E-state index is -0.272. The smallest absolute Gasteiger partial charge is 0.282 e. The first-order valence-corrected chi connectivity index (χ1v) is 11.3. The molecule has 168 valence electrons. The molecule has 0 atom stereocenters. The van der Waals surface area contributed by atoms with Gasteiger partial charge in [-0.15, -0.1) is 0 Å². The van der Waals surface area contributed by atoms with Crippen LogP contribution in [0.2, 0.25) is 0 Å². The molecule has 0 unspecified atom stereocenters. The first-order valence-electron chi connectivity index (χ1n) is 11.3. The topological polar surface area (TPSA) is 53.1 Å². The van der Waals surface area contributed by atoms with Crippen LogP contribution in [0, 0.1) is 0 Å². The highest BCUT2D eigenvalue weighted by Gasteiger charge is 2.42. The maximum absolute atomic E-state index is 13.6. The van der Waals surface area contributed by atoms with Crippen LogP contribution in [-0.4, -0.2) is 50.0 Å². The molecule has 2 aromatic rings. The lowest BCUT2D eigenvalue weighted by Crippen LogP contribution is -2.37. The molecule has 0 N–H and O–H groups in total. The summed E-state index contributed by atoms with van der Waals surface area (Å²) in [5.74, 6) is 0.231. The molecule has 0 radical (unpaired) electrons. The number of amides is 2. The van der Waals surface area contributed by atoms with Gasteiger partial charge in [-0.25, -0.2) is 4.90 Å². The van der Waals surface area contributed by atoms with Crippen molar-refractivity contribution in [3.8, 4) is 5.75 Å².